The lowest BCUT2D eigenvalue weighted by Gasteiger charge is -2.18. The Hall–Kier alpha value is -0.560. The number of hydrogen-bond acceptors (Lipinski definition) is 1. The summed E-state index contributed by atoms with van der Waals surface area (Å²) in [6.07, 6.45) is 7.87. The van der Waals surface area contributed by atoms with E-state index in [-0.39, 0.29) is 0 Å². The van der Waals surface area contributed by atoms with Crippen LogP contribution in [0.1, 0.15) is 20.3 Å². The van der Waals surface area contributed by atoms with E-state index in [1.807, 2.05) is 0 Å². The highest BCUT2D eigenvalue weighted by Gasteiger charge is 2.11. The highest BCUT2D eigenvalue weighted by molar-refractivity contribution is 5.24. The molecule has 1 aliphatic carbocycles. The highest BCUT2D eigenvalue weighted by Crippen LogP contribution is 2.22. The van der Waals surface area contributed by atoms with E-state index >= 15 is 0 Å². The zero-order valence-corrected chi connectivity index (χ0v) is 7.38. The minimum atomic E-state index is 0.682. The van der Waals surface area contributed by atoms with Gasteiger partial charge in [-0.3, -0.25) is 0 Å². The number of allylic oxidation sites excluding steroid dienone is 2. The van der Waals surface area contributed by atoms with E-state index in [0.29, 0.717) is 6.54 Å². The summed E-state index contributed by atoms with van der Waals surface area (Å²) in [4.78, 5) is 0. The van der Waals surface area contributed by atoms with Gasteiger partial charge in [0.25, 0.3) is 0 Å². The summed E-state index contributed by atoms with van der Waals surface area (Å²) in [5, 5.41) is 0. The SMILES string of the molecule is CC(C)C1C=CC(CN)=CC1. The summed E-state index contributed by atoms with van der Waals surface area (Å²) in [6.45, 7) is 5.20. The average Bonchev–Trinajstić information content (AvgIpc) is 2.05. The molecule has 0 fully saturated rings. The Morgan fingerprint density at radius 3 is 2.73 bits per heavy atom. The highest BCUT2D eigenvalue weighted by atomic mass is 14.5. The molecule has 0 aromatic carbocycles. The molecule has 0 aromatic heterocycles. The molecule has 1 atom stereocenters. The van der Waals surface area contributed by atoms with Gasteiger partial charge in [0.1, 0.15) is 0 Å². The van der Waals surface area contributed by atoms with Gasteiger partial charge in [0.05, 0.1) is 0 Å². The molecular weight excluding hydrogens is 134 g/mol. The second-order valence-electron chi connectivity index (χ2n) is 3.49. The molecule has 1 heteroatoms. The van der Waals surface area contributed by atoms with Gasteiger partial charge in [-0.2, -0.15) is 0 Å². The van der Waals surface area contributed by atoms with Crippen LogP contribution in [0.15, 0.2) is 23.8 Å². The third kappa shape index (κ3) is 2.19. The summed E-state index contributed by atoms with van der Waals surface area (Å²) in [6, 6.07) is 0. The lowest BCUT2D eigenvalue weighted by atomic mass is 9.88. The Bertz CT molecular complexity index is 177. The van der Waals surface area contributed by atoms with E-state index in [1.54, 1.807) is 0 Å². The first kappa shape index (κ1) is 8.54. The van der Waals surface area contributed by atoms with Gasteiger partial charge >= 0.3 is 0 Å². The molecule has 1 rings (SSSR count). The lowest BCUT2D eigenvalue weighted by Crippen LogP contribution is -2.10. The van der Waals surface area contributed by atoms with Crippen molar-refractivity contribution in [3.8, 4) is 0 Å². The average molecular weight is 151 g/mol. The van der Waals surface area contributed by atoms with Gasteiger partial charge in [0.15, 0.2) is 0 Å². The Balaban J connectivity index is 2.50. The predicted octanol–water partition coefficient (Wildman–Crippen LogP) is 2.10. The van der Waals surface area contributed by atoms with Crippen molar-refractivity contribution in [3.63, 3.8) is 0 Å². The van der Waals surface area contributed by atoms with Crippen molar-refractivity contribution in [3.05, 3.63) is 23.8 Å². The number of hydrogen-bond donors (Lipinski definition) is 1. The predicted molar refractivity (Wildman–Crippen MR) is 49.2 cm³/mol. The second-order valence-corrected chi connectivity index (χ2v) is 3.49. The Morgan fingerprint density at radius 1 is 1.64 bits per heavy atom. The molecular formula is C10H17N. The van der Waals surface area contributed by atoms with Gasteiger partial charge in [-0.15, -0.1) is 0 Å². The maximum atomic E-state index is 5.51. The van der Waals surface area contributed by atoms with Crippen LogP contribution in [0.2, 0.25) is 0 Å². The van der Waals surface area contributed by atoms with Crippen LogP contribution in [0.3, 0.4) is 0 Å². The van der Waals surface area contributed by atoms with Gasteiger partial charge in [0.2, 0.25) is 0 Å². The zero-order valence-electron chi connectivity index (χ0n) is 7.38. The van der Waals surface area contributed by atoms with Crippen LogP contribution in [0.5, 0.6) is 0 Å². The summed E-state index contributed by atoms with van der Waals surface area (Å²) in [5.74, 6) is 1.48. The lowest BCUT2D eigenvalue weighted by molar-refractivity contribution is 0.466. The molecule has 1 nitrogen and oxygen atoms in total. The second kappa shape index (κ2) is 3.72. The monoisotopic (exact) mass is 151 g/mol. The topological polar surface area (TPSA) is 26.0 Å². The molecule has 0 bridgehead atoms. The fourth-order valence-electron chi connectivity index (χ4n) is 1.33. The van der Waals surface area contributed by atoms with E-state index in [0.717, 1.165) is 11.8 Å². The zero-order chi connectivity index (χ0) is 8.27. The molecule has 1 unspecified atom stereocenters. The van der Waals surface area contributed by atoms with Gasteiger partial charge in [-0.25, -0.2) is 0 Å². The van der Waals surface area contributed by atoms with Gasteiger partial charge in [-0.1, -0.05) is 32.1 Å². The molecule has 1 aliphatic rings. The van der Waals surface area contributed by atoms with Crippen LogP contribution in [0, 0.1) is 11.8 Å². The van der Waals surface area contributed by atoms with Crippen LogP contribution >= 0.6 is 0 Å². The van der Waals surface area contributed by atoms with Crippen LogP contribution in [0.4, 0.5) is 0 Å². The number of nitrogens with two attached hydrogens (primary N) is 1. The molecule has 11 heavy (non-hydrogen) atoms. The van der Waals surface area contributed by atoms with Gasteiger partial charge < -0.3 is 5.73 Å². The molecule has 0 radical (unpaired) electrons. The smallest absolute Gasteiger partial charge is 0.0174 e. The molecule has 0 spiro atoms. The van der Waals surface area contributed by atoms with Crippen molar-refractivity contribution < 1.29 is 0 Å². The fraction of sp³-hybridized carbons (Fsp3) is 0.600. The van der Waals surface area contributed by atoms with Crippen molar-refractivity contribution in [2.24, 2.45) is 17.6 Å². The molecule has 0 aromatic rings. The molecule has 0 aliphatic heterocycles. The van der Waals surface area contributed by atoms with Gasteiger partial charge in [0, 0.05) is 6.54 Å². The third-order valence-corrected chi connectivity index (χ3v) is 2.30. The van der Waals surface area contributed by atoms with E-state index in [9.17, 15) is 0 Å². The fourth-order valence-corrected chi connectivity index (χ4v) is 1.33. The Morgan fingerprint density at radius 2 is 2.36 bits per heavy atom. The minimum absolute atomic E-state index is 0.682. The quantitative estimate of drug-likeness (QED) is 0.642. The molecule has 62 valence electrons. The molecule has 0 saturated carbocycles. The molecule has 0 amide bonds. The van der Waals surface area contributed by atoms with Crippen molar-refractivity contribution >= 4 is 0 Å². The number of rotatable bonds is 2. The van der Waals surface area contributed by atoms with Crippen LogP contribution < -0.4 is 5.73 Å². The van der Waals surface area contributed by atoms with Crippen molar-refractivity contribution in [2.75, 3.05) is 6.54 Å². The third-order valence-electron chi connectivity index (χ3n) is 2.30. The maximum absolute atomic E-state index is 5.51. The minimum Gasteiger partial charge on any atom is -0.327 e. The van der Waals surface area contributed by atoms with Crippen molar-refractivity contribution in [1.82, 2.24) is 0 Å². The largest absolute Gasteiger partial charge is 0.327 e. The van der Waals surface area contributed by atoms with E-state index < -0.39 is 0 Å². The van der Waals surface area contributed by atoms with E-state index in [4.69, 9.17) is 5.73 Å². The normalized spacial score (nSPS) is 24.0. The van der Waals surface area contributed by atoms with Crippen LogP contribution in [0.25, 0.3) is 0 Å². The summed E-state index contributed by atoms with van der Waals surface area (Å²) in [7, 11) is 0. The Labute approximate surface area is 69.0 Å². The summed E-state index contributed by atoms with van der Waals surface area (Å²) >= 11 is 0. The van der Waals surface area contributed by atoms with E-state index in [1.165, 1.54) is 12.0 Å². The first-order chi connectivity index (χ1) is 5.24. The first-order valence-electron chi connectivity index (χ1n) is 4.31. The first-order valence-corrected chi connectivity index (χ1v) is 4.31. The summed E-state index contributed by atoms with van der Waals surface area (Å²) < 4.78 is 0. The van der Waals surface area contributed by atoms with Crippen molar-refractivity contribution in [1.29, 1.82) is 0 Å². The van der Waals surface area contributed by atoms with E-state index in [2.05, 4.69) is 32.1 Å². The molecule has 0 saturated heterocycles. The van der Waals surface area contributed by atoms with Crippen molar-refractivity contribution in [2.45, 2.75) is 20.3 Å². The molecule has 0 heterocycles. The Kier molecular flexibility index (Phi) is 2.89. The maximum Gasteiger partial charge on any atom is 0.0174 e. The summed E-state index contributed by atoms with van der Waals surface area (Å²) in [5.41, 5.74) is 6.78. The van der Waals surface area contributed by atoms with Crippen LogP contribution in [-0.2, 0) is 0 Å². The van der Waals surface area contributed by atoms with Crippen LogP contribution in [-0.4, -0.2) is 6.54 Å². The standard InChI is InChI=1S/C10H17N/c1-8(2)10-5-3-9(7-11)4-6-10/h3-5,8,10H,6-7,11H2,1-2H3. The van der Waals surface area contributed by atoms with Gasteiger partial charge in [-0.05, 0) is 23.8 Å². The molecule has 2 N–H and O–H groups in total.